The minimum absolute atomic E-state index is 0.473. The second kappa shape index (κ2) is 10.7. The number of anilines is 1. The number of aryl methyl sites for hydroxylation is 1. The molecule has 0 radical (unpaired) electrons. The zero-order valence-corrected chi connectivity index (χ0v) is 15.1. The van der Waals surface area contributed by atoms with E-state index in [0.29, 0.717) is 25.6 Å². The van der Waals surface area contributed by atoms with Crippen LogP contribution in [0.2, 0.25) is 6.04 Å². The van der Waals surface area contributed by atoms with Gasteiger partial charge in [-0.2, -0.15) is 0 Å². The van der Waals surface area contributed by atoms with Crippen molar-refractivity contribution in [1.82, 2.24) is 15.0 Å². The van der Waals surface area contributed by atoms with Crippen molar-refractivity contribution in [3.8, 4) is 0 Å². The average molecular weight is 331 g/mol. The maximum absolute atomic E-state index is 5.85. The van der Waals surface area contributed by atoms with Crippen LogP contribution in [0.5, 0.6) is 0 Å². The summed E-state index contributed by atoms with van der Waals surface area (Å²) in [5, 5.41) is 7.71. The summed E-state index contributed by atoms with van der Waals surface area (Å²) in [4.78, 5) is 0. The molecule has 0 spiro atoms. The lowest BCUT2D eigenvalue weighted by molar-refractivity contribution is 0.0706. The summed E-state index contributed by atoms with van der Waals surface area (Å²) in [7, 11) is -2.46. The van der Waals surface area contributed by atoms with E-state index in [1.165, 1.54) is 0 Å². The summed E-state index contributed by atoms with van der Waals surface area (Å²) in [6, 6.07) is 0.888. The summed E-state index contributed by atoms with van der Waals surface area (Å²) in [5.74, 6) is 0.473. The van der Waals surface area contributed by atoms with Crippen molar-refractivity contribution in [2.24, 2.45) is 0 Å². The third-order valence-electron chi connectivity index (χ3n) is 3.27. The molecule has 0 aliphatic rings. The van der Waals surface area contributed by atoms with Crippen LogP contribution in [0.25, 0.3) is 0 Å². The molecule has 0 amide bonds. The van der Waals surface area contributed by atoms with Crippen molar-refractivity contribution in [1.29, 1.82) is 0 Å². The molecule has 128 valence electrons. The number of unbranched alkanes of at least 4 members (excludes halogenated alkanes) is 3. The summed E-state index contributed by atoms with van der Waals surface area (Å²) in [6.07, 6.45) is 6.15. The first-order valence-electron chi connectivity index (χ1n) is 8.23. The molecule has 2 N–H and O–H groups in total. The van der Waals surface area contributed by atoms with E-state index < -0.39 is 8.80 Å². The minimum Gasteiger partial charge on any atom is -0.381 e. The Morgan fingerprint density at radius 3 is 2.09 bits per heavy atom. The van der Waals surface area contributed by atoms with Gasteiger partial charge in [0.25, 0.3) is 0 Å². The zero-order valence-electron chi connectivity index (χ0n) is 14.1. The van der Waals surface area contributed by atoms with E-state index in [1.54, 1.807) is 10.9 Å². The number of nitrogens with two attached hydrogens (primary N) is 1. The predicted molar refractivity (Wildman–Crippen MR) is 88.3 cm³/mol. The Balaban J connectivity index is 2.23. The van der Waals surface area contributed by atoms with Gasteiger partial charge in [0.2, 0.25) is 0 Å². The van der Waals surface area contributed by atoms with Crippen LogP contribution in [-0.4, -0.2) is 43.6 Å². The zero-order chi connectivity index (χ0) is 16.3. The molecule has 0 bridgehead atoms. The highest BCUT2D eigenvalue weighted by atomic mass is 28.4. The molecule has 1 rings (SSSR count). The van der Waals surface area contributed by atoms with Gasteiger partial charge < -0.3 is 19.0 Å². The molecule has 0 atom stereocenters. The first kappa shape index (κ1) is 19.1. The topological polar surface area (TPSA) is 84.4 Å². The Bertz CT molecular complexity index is 386. The molecule has 22 heavy (non-hydrogen) atoms. The van der Waals surface area contributed by atoms with Crippen molar-refractivity contribution < 1.29 is 13.3 Å². The molecule has 0 aromatic carbocycles. The highest BCUT2D eigenvalue weighted by Gasteiger charge is 2.39. The number of hydrogen-bond acceptors (Lipinski definition) is 6. The molecule has 0 aliphatic carbocycles. The second-order valence-electron chi connectivity index (χ2n) is 5.05. The van der Waals surface area contributed by atoms with E-state index in [2.05, 4.69) is 10.3 Å². The Hall–Kier alpha value is -0.963. The van der Waals surface area contributed by atoms with Crippen molar-refractivity contribution in [3.63, 3.8) is 0 Å². The molecular formula is C14H30N4O3Si. The Morgan fingerprint density at radius 1 is 1.00 bits per heavy atom. The fraction of sp³-hybridized carbons (Fsp3) is 0.857. The Kier molecular flexibility index (Phi) is 9.29. The van der Waals surface area contributed by atoms with E-state index in [1.807, 2.05) is 20.8 Å². The standard InChI is InChI=1S/C14H30N4O3Si/c1-4-19-22(20-5-2,21-6-3)12-10-8-7-9-11-18-13-14(15)16-17-18/h13H,4-12,15H2,1-3H3. The van der Waals surface area contributed by atoms with Gasteiger partial charge in [-0.15, -0.1) is 5.10 Å². The highest BCUT2D eigenvalue weighted by molar-refractivity contribution is 6.60. The van der Waals surface area contributed by atoms with Gasteiger partial charge in [-0.05, 0) is 33.6 Å². The number of nitrogen functional groups attached to an aromatic ring is 1. The maximum atomic E-state index is 5.85. The third-order valence-corrected chi connectivity index (χ3v) is 6.42. The van der Waals surface area contributed by atoms with E-state index >= 15 is 0 Å². The smallest absolute Gasteiger partial charge is 0.381 e. The van der Waals surface area contributed by atoms with Crippen LogP contribution < -0.4 is 5.73 Å². The largest absolute Gasteiger partial charge is 0.500 e. The molecule has 0 unspecified atom stereocenters. The van der Waals surface area contributed by atoms with Crippen LogP contribution >= 0.6 is 0 Å². The van der Waals surface area contributed by atoms with Gasteiger partial charge in [-0.25, -0.2) is 0 Å². The molecule has 0 saturated carbocycles. The van der Waals surface area contributed by atoms with Gasteiger partial charge >= 0.3 is 8.80 Å². The minimum atomic E-state index is -2.46. The van der Waals surface area contributed by atoms with Crippen LogP contribution in [0, 0.1) is 0 Å². The molecule has 8 heteroatoms. The number of nitrogens with zero attached hydrogens (tertiary/aromatic N) is 3. The van der Waals surface area contributed by atoms with Gasteiger partial charge in [0, 0.05) is 32.4 Å². The van der Waals surface area contributed by atoms with Crippen LogP contribution in [0.15, 0.2) is 6.20 Å². The van der Waals surface area contributed by atoms with E-state index in [9.17, 15) is 0 Å². The van der Waals surface area contributed by atoms with Gasteiger partial charge in [0.15, 0.2) is 5.82 Å². The molecule has 1 heterocycles. The first-order chi connectivity index (χ1) is 10.7. The second-order valence-corrected chi connectivity index (χ2v) is 7.78. The maximum Gasteiger partial charge on any atom is 0.500 e. The number of rotatable bonds is 13. The normalized spacial score (nSPS) is 12.0. The van der Waals surface area contributed by atoms with Crippen LogP contribution in [0.3, 0.4) is 0 Å². The molecular weight excluding hydrogens is 300 g/mol. The van der Waals surface area contributed by atoms with Crippen molar-refractivity contribution in [2.75, 3.05) is 25.6 Å². The first-order valence-corrected chi connectivity index (χ1v) is 10.2. The average Bonchev–Trinajstić information content (AvgIpc) is 2.89. The SMILES string of the molecule is CCO[Si](CCCCCCn1cc(N)nn1)(OCC)OCC. The molecule has 0 fully saturated rings. The van der Waals surface area contributed by atoms with Gasteiger partial charge in [-0.1, -0.05) is 18.1 Å². The number of hydrogen-bond donors (Lipinski definition) is 1. The lowest BCUT2D eigenvalue weighted by Crippen LogP contribution is -2.45. The predicted octanol–water partition coefficient (Wildman–Crippen LogP) is 2.47. The van der Waals surface area contributed by atoms with Gasteiger partial charge in [-0.3, -0.25) is 4.68 Å². The number of aromatic nitrogens is 3. The Labute approximate surface area is 134 Å². The Morgan fingerprint density at radius 2 is 1.59 bits per heavy atom. The monoisotopic (exact) mass is 330 g/mol. The molecule has 0 saturated heterocycles. The molecule has 0 aliphatic heterocycles. The lowest BCUT2D eigenvalue weighted by Gasteiger charge is -2.28. The van der Waals surface area contributed by atoms with Crippen molar-refractivity contribution in [3.05, 3.63) is 6.20 Å². The van der Waals surface area contributed by atoms with Crippen LogP contribution in [-0.2, 0) is 19.8 Å². The summed E-state index contributed by atoms with van der Waals surface area (Å²) in [6.45, 7) is 8.74. The lowest BCUT2D eigenvalue weighted by atomic mass is 10.2. The van der Waals surface area contributed by atoms with Crippen molar-refractivity contribution in [2.45, 2.75) is 59.0 Å². The highest BCUT2D eigenvalue weighted by Crippen LogP contribution is 2.20. The fourth-order valence-electron chi connectivity index (χ4n) is 2.39. The van der Waals surface area contributed by atoms with Crippen LogP contribution in [0.4, 0.5) is 5.82 Å². The van der Waals surface area contributed by atoms with E-state index in [0.717, 1.165) is 38.3 Å². The molecule has 1 aromatic rings. The van der Waals surface area contributed by atoms with Crippen molar-refractivity contribution >= 4 is 14.6 Å². The summed E-state index contributed by atoms with van der Waals surface area (Å²) < 4.78 is 19.3. The third kappa shape index (κ3) is 6.86. The summed E-state index contributed by atoms with van der Waals surface area (Å²) in [5.41, 5.74) is 5.53. The molecule has 1 aromatic heterocycles. The van der Waals surface area contributed by atoms with E-state index in [-0.39, 0.29) is 0 Å². The van der Waals surface area contributed by atoms with Gasteiger partial charge in [0.1, 0.15) is 0 Å². The molecule has 7 nitrogen and oxygen atoms in total. The van der Waals surface area contributed by atoms with E-state index in [4.69, 9.17) is 19.0 Å². The fourth-order valence-corrected chi connectivity index (χ4v) is 5.08. The quantitative estimate of drug-likeness (QED) is 0.442. The summed E-state index contributed by atoms with van der Waals surface area (Å²) >= 11 is 0. The van der Waals surface area contributed by atoms with Gasteiger partial charge in [0.05, 0.1) is 6.20 Å². The van der Waals surface area contributed by atoms with Crippen LogP contribution in [0.1, 0.15) is 46.5 Å².